The minimum atomic E-state index is -1.26. The summed E-state index contributed by atoms with van der Waals surface area (Å²) in [5.74, 6) is -2.05. The topological polar surface area (TPSA) is 104 Å². The maximum Gasteiger partial charge on any atom is 0.328 e. The molecule has 0 radical (unpaired) electrons. The molecule has 3 aromatic rings. The van der Waals surface area contributed by atoms with E-state index in [-0.39, 0.29) is 0 Å². The second kappa shape index (κ2) is 11.0. The Morgan fingerprint density at radius 1 is 0.969 bits per heavy atom. The molecule has 0 fully saturated rings. The molecule has 1 unspecified atom stereocenters. The van der Waals surface area contributed by atoms with Gasteiger partial charge < -0.3 is 15.1 Å². The number of nitrogens with zero attached hydrogens (tertiary/aromatic N) is 3. The maximum absolute atomic E-state index is 9.55. The molecule has 0 spiro atoms. The van der Waals surface area contributed by atoms with Crippen molar-refractivity contribution in [3.63, 3.8) is 0 Å². The maximum atomic E-state index is 9.55. The zero-order valence-electron chi connectivity index (χ0n) is 17.8. The molecule has 4 rings (SSSR count). The number of benzene rings is 2. The smallest absolute Gasteiger partial charge is 0.328 e. The predicted molar refractivity (Wildman–Crippen MR) is 121 cm³/mol. The third-order valence-corrected chi connectivity index (χ3v) is 5.22. The van der Waals surface area contributed by atoms with Crippen LogP contribution in [0.3, 0.4) is 0 Å². The van der Waals surface area contributed by atoms with Crippen molar-refractivity contribution >= 4 is 11.9 Å². The molecule has 1 aliphatic heterocycles. The first-order valence-electron chi connectivity index (χ1n) is 10.2. The second-order valence-corrected chi connectivity index (χ2v) is 7.54. The zero-order chi connectivity index (χ0) is 22.9. The molecule has 0 bridgehead atoms. The first-order valence-corrected chi connectivity index (χ1v) is 10.2. The van der Waals surface area contributed by atoms with Crippen molar-refractivity contribution in [1.82, 2.24) is 14.9 Å². The van der Waals surface area contributed by atoms with E-state index in [9.17, 15) is 9.59 Å². The summed E-state index contributed by atoms with van der Waals surface area (Å²) in [6.45, 7) is 2.10. The van der Waals surface area contributed by atoms with E-state index < -0.39 is 11.9 Å². The summed E-state index contributed by atoms with van der Waals surface area (Å²) in [7, 11) is 2.20. The van der Waals surface area contributed by atoms with Gasteiger partial charge in [0.2, 0.25) is 0 Å². The fourth-order valence-electron chi connectivity index (χ4n) is 3.76. The van der Waals surface area contributed by atoms with Crippen LogP contribution in [0.4, 0.5) is 0 Å². The molecule has 1 aliphatic rings. The number of aromatic nitrogens is 2. The Kier molecular flexibility index (Phi) is 7.83. The van der Waals surface area contributed by atoms with Gasteiger partial charge in [-0.2, -0.15) is 0 Å². The van der Waals surface area contributed by atoms with Gasteiger partial charge in [-0.3, -0.25) is 0 Å². The van der Waals surface area contributed by atoms with Crippen molar-refractivity contribution in [3.8, 4) is 11.1 Å². The van der Waals surface area contributed by atoms with Gasteiger partial charge in [0.05, 0.1) is 0 Å². The fourth-order valence-corrected chi connectivity index (χ4v) is 3.76. The summed E-state index contributed by atoms with van der Waals surface area (Å²) in [5, 5.41) is 15.6. The van der Waals surface area contributed by atoms with Gasteiger partial charge >= 0.3 is 11.9 Å². The van der Waals surface area contributed by atoms with Crippen LogP contribution in [0, 0.1) is 0 Å². The molecule has 1 atom stereocenters. The monoisotopic (exact) mass is 431 g/mol. The molecule has 7 heteroatoms. The summed E-state index contributed by atoms with van der Waals surface area (Å²) in [5.41, 5.74) is 6.53. The van der Waals surface area contributed by atoms with Gasteiger partial charge in [-0.1, -0.05) is 42.5 Å². The van der Waals surface area contributed by atoms with E-state index in [1.807, 2.05) is 12.4 Å². The summed E-state index contributed by atoms with van der Waals surface area (Å²) in [6, 6.07) is 17.7. The van der Waals surface area contributed by atoms with E-state index in [2.05, 4.69) is 70.4 Å². The lowest BCUT2D eigenvalue weighted by molar-refractivity contribution is -0.134. The summed E-state index contributed by atoms with van der Waals surface area (Å²) >= 11 is 0. The highest BCUT2D eigenvalue weighted by Crippen LogP contribution is 2.35. The molecule has 2 aromatic carbocycles. The molecule has 0 aliphatic carbocycles. The van der Waals surface area contributed by atoms with Gasteiger partial charge in [-0.05, 0) is 48.3 Å². The Hall–Kier alpha value is -3.84. The zero-order valence-corrected chi connectivity index (χ0v) is 17.8. The van der Waals surface area contributed by atoms with Gasteiger partial charge in [-0.15, -0.1) is 0 Å². The van der Waals surface area contributed by atoms with Gasteiger partial charge in [0, 0.05) is 42.6 Å². The number of carboxylic acid groups (broad SMARTS) is 2. The van der Waals surface area contributed by atoms with E-state index in [1.165, 1.54) is 22.3 Å². The van der Waals surface area contributed by atoms with Gasteiger partial charge in [0.15, 0.2) is 0 Å². The highest BCUT2D eigenvalue weighted by Gasteiger charge is 2.22. The number of fused-ring (bicyclic) bond motifs is 1. The number of aliphatic carboxylic acids is 2. The van der Waals surface area contributed by atoms with Crippen LogP contribution in [0.25, 0.3) is 11.1 Å². The number of hydrogen-bond acceptors (Lipinski definition) is 5. The molecule has 2 heterocycles. The van der Waals surface area contributed by atoms with Crippen LogP contribution in [0.2, 0.25) is 0 Å². The van der Waals surface area contributed by atoms with E-state index in [0.29, 0.717) is 18.1 Å². The molecule has 32 heavy (non-hydrogen) atoms. The standard InChI is InChI=1S/C21H21N3.C4H4O4/c1-24-10-9-21(16-5-3-2-4-6-16)20-8-7-17(11-18(20)14-24)19-12-22-15-23-13-19;5-3(6)1-2-4(7)8/h2-8,11-13,15,21H,9-10,14H2,1H3;1-2H,(H,5,6)(H,7,8)/b;2-1-. The third kappa shape index (κ3) is 6.33. The Balaban J connectivity index is 0.000000312. The largest absolute Gasteiger partial charge is 0.478 e. The number of rotatable bonds is 4. The Bertz CT molecular complexity index is 1070. The average molecular weight is 431 g/mol. The van der Waals surface area contributed by atoms with Crippen LogP contribution in [0.1, 0.15) is 29.0 Å². The SMILES string of the molecule is CN1CCC(c2ccccc2)c2ccc(-c3cncnc3)cc2C1.O=C(O)/C=C\C(=O)O. The van der Waals surface area contributed by atoms with Crippen molar-refractivity contribution < 1.29 is 19.8 Å². The summed E-state index contributed by atoms with van der Waals surface area (Å²) in [4.78, 5) is 29.8. The molecular weight excluding hydrogens is 406 g/mol. The molecular formula is C25H25N3O4. The van der Waals surface area contributed by atoms with Crippen LogP contribution in [-0.4, -0.2) is 50.6 Å². The van der Waals surface area contributed by atoms with E-state index >= 15 is 0 Å². The summed E-state index contributed by atoms with van der Waals surface area (Å²) < 4.78 is 0. The molecule has 0 saturated heterocycles. The Morgan fingerprint density at radius 3 is 2.25 bits per heavy atom. The normalized spacial score (nSPS) is 15.8. The Labute approximate surface area is 186 Å². The average Bonchev–Trinajstić information content (AvgIpc) is 2.97. The fraction of sp³-hybridized carbons (Fsp3) is 0.200. The van der Waals surface area contributed by atoms with Crippen molar-refractivity contribution in [2.45, 2.75) is 18.9 Å². The first kappa shape index (κ1) is 22.8. The third-order valence-electron chi connectivity index (χ3n) is 5.22. The lowest BCUT2D eigenvalue weighted by atomic mass is 9.85. The predicted octanol–water partition coefficient (Wildman–Crippen LogP) is 3.82. The molecule has 7 nitrogen and oxygen atoms in total. The molecule has 1 aromatic heterocycles. The lowest BCUT2D eigenvalue weighted by Crippen LogP contribution is -2.17. The van der Waals surface area contributed by atoms with Gasteiger partial charge in [0.1, 0.15) is 6.33 Å². The van der Waals surface area contributed by atoms with Gasteiger partial charge in [0.25, 0.3) is 0 Å². The minimum Gasteiger partial charge on any atom is -0.478 e. The van der Waals surface area contributed by atoms with Crippen LogP contribution in [-0.2, 0) is 16.1 Å². The quantitative estimate of drug-likeness (QED) is 0.605. The molecule has 0 saturated carbocycles. The number of carboxylic acids is 2. The van der Waals surface area contributed by atoms with Crippen molar-refractivity contribution in [2.24, 2.45) is 0 Å². The Morgan fingerprint density at radius 2 is 1.62 bits per heavy atom. The van der Waals surface area contributed by atoms with E-state index in [4.69, 9.17) is 10.2 Å². The number of carbonyl (C=O) groups is 2. The van der Waals surface area contributed by atoms with Crippen LogP contribution in [0.15, 0.2) is 79.4 Å². The minimum absolute atomic E-state index is 0.465. The van der Waals surface area contributed by atoms with Crippen molar-refractivity contribution in [2.75, 3.05) is 13.6 Å². The highest BCUT2D eigenvalue weighted by atomic mass is 16.4. The van der Waals surface area contributed by atoms with E-state index in [0.717, 1.165) is 25.1 Å². The molecule has 2 N–H and O–H groups in total. The van der Waals surface area contributed by atoms with Crippen molar-refractivity contribution in [3.05, 3.63) is 96.1 Å². The van der Waals surface area contributed by atoms with E-state index in [1.54, 1.807) is 6.33 Å². The lowest BCUT2D eigenvalue weighted by Gasteiger charge is -2.18. The first-order chi connectivity index (χ1) is 15.4. The summed E-state index contributed by atoms with van der Waals surface area (Å²) in [6.07, 6.45) is 7.60. The second-order valence-electron chi connectivity index (χ2n) is 7.54. The van der Waals surface area contributed by atoms with Crippen LogP contribution in [0.5, 0.6) is 0 Å². The highest BCUT2D eigenvalue weighted by molar-refractivity contribution is 5.89. The van der Waals surface area contributed by atoms with Crippen molar-refractivity contribution in [1.29, 1.82) is 0 Å². The molecule has 164 valence electrons. The van der Waals surface area contributed by atoms with Gasteiger partial charge in [-0.25, -0.2) is 19.6 Å². The number of hydrogen-bond donors (Lipinski definition) is 2. The van der Waals surface area contributed by atoms with Crippen LogP contribution < -0.4 is 0 Å². The molecule has 0 amide bonds. The van der Waals surface area contributed by atoms with Crippen LogP contribution >= 0.6 is 0 Å².